The number of aliphatic carboxylic acids is 1. The SMILES string of the molecule is CCCC(C)(Nc1ccc(-c2cnc([C@@H]3CCc4cc(-c5cc(Cl)ccc5-n5cnnn5)cc(=O)n43)[nH]2)cc1)C(=O)[O-]. The number of imidazole rings is 1. The Morgan fingerprint density at radius 2 is 1.98 bits per heavy atom. The molecule has 214 valence electrons. The number of hydrogen-bond donors (Lipinski definition) is 2. The lowest BCUT2D eigenvalue weighted by Gasteiger charge is -2.32. The molecule has 0 spiro atoms. The Morgan fingerprint density at radius 3 is 2.69 bits per heavy atom. The number of aromatic nitrogens is 7. The summed E-state index contributed by atoms with van der Waals surface area (Å²) < 4.78 is 3.33. The van der Waals surface area contributed by atoms with E-state index < -0.39 is 11.5 Å². The first-order valence-electron chi connectivity index (χ1n) is 13.7. The number of carboxylic acid groups (broad SMARTS) is 1. The number of pyridine rings is 1. The number of carboxylic acids is 1. The van der Waals surface area contributed by atoms with E-state index in [1.165, 1.54) is 6.33 Å². The highest BCUT2D eigenvalue weighted by Gasteiger charge is 2.28. The van der Waals surface area contributed by atoms with Crippen molar-refractivity contribution in [1.82, 2.24) is 34.7 Å². The van der Waals surface area contributed by atoms with Crippen LogP contribution in [0.1, 0.15) is 50.7 Å². The summed E-state index contributed by atoms with van der Waals surface area (Å²) in [4.78, 5) is 33.2. The van der Waals surface area contributed by atoms with Crippen LogP contribution in [0.4, 0.5) is 5.69 Å². The van der Waals surface area contributed by atoms with Gasteiger partial charge in [0.25, 0.3) is 5.56 Å². The molecular formula is C30H28ClN8O3-. The number of carbonyl (C=O) groups is 1. The largest absolute Gasteiger partial charge is 0.548 e. The number of hydrogen-bond acceptors (Lipinski definition) is 8. The fourth-order valence-electron chi connectivity index (χ4n) is 5.64. The smallest absolute Gasteiger partial charge is 0.252 e. The lowest BCUT2D eigenvalue weighted by Crippen LogP contribution is -2.51. The molecule has 0 saturated heterocycles. The fraction of sp³-hybridized carbons (Fsp3) is 0.267. The minimum absolute atomic E-state index is 0.135. The third-order valence-electron chi connectivity index (χ3n) is 7.73. The number of H-pyrrole nitrogens is 1. The maximum absolute atomic E-state index is 13.5. The van der Waals surface area contributed by atoms with E-state index in [0.717, 1.165) is 40.2 Å². The highest BCUT2D eigenvalue weighted by Crippen LogP contribution is 2.34. The van der Waals surface area contributed by atoms with Crippen molar-refractivity contribution >= 4 is 23.3 Å². The quantitative estimate of drug-likeness (QED) is 0.266. The van der Waals surface area contributed by atoms with E-state index in [0.29, 0.717) is 35.8 Å². The van der Waals surface area contributed by atoms with E-state index in [1.54, 1.807) is 40.6 Å². The zero-order valence-corrected chi connectivity index (χ0v) is 23.8. The number of fused-ring (bicyclic) bond motifs is 1. The minimum Gasteiger partial charge on any atom is -0.548 e. The number of benzene rings is 2. The third-order valence-corrected chi connectivity index (χ3v) is 7.96. The van der Waals surface area contributed by atoms with Gasteiger partial charge in [-0.05, 0) is 84.1 Å². The summed E-state index contributed by atoms with van der Waals surface area (Å²) in [5, 5.41) is 26.8. The number of tetrazole rings is 1. The van der Waals surface area contributed by atoms with E-state index in [2.05, 4.69) is 30.8 Å². The van der Waals surface area contributed by atoms with Crippen LogP contribution in [0.15, 0.2) is 71.9 Å². The third kappa shape index (κ3) is 5.07. The van der Waals surface area contributed by atoms with Crippen LogP contribution in [0.5, 0.6) is 0 Å². The molecule has 5 aromatic rings. The van der Waals surface area contributed by atoms with Crippen LogP contribution in [0, 0.1) is 0 Å². The van der Waals surface area contributed by atoms with Gasteiger partial charge in [0, 0.05) is 28.0 Å². The molecule has 42 heavy (non-hydrogen) atoms. The zero-order valence-electron chi connectivity index (χ0n) is 23.0. The van der Waals surface area contributed by atoms with Gasteiger partial charge in [-0.1, -0.05) is 37.1 Å². The molecule has 0 radical (unpaired) electrons. The van der Waals surface area contributed by atoms with Gasteiger partial charge in [0.05, 0.1) is 35.1 Å². The van der Waals surface area contributed by atoms with Crippen molar-refractivity contribution < 1.29 is 9.90 Å². The molecule has 0 aliphatic carbocycles. The predicted molar refractivity (Wildman–Crippen MR) is 156 cm³/mol. The fourth-order valence-corrected chi connectivity index (χ4v) is 5.81. The molecule has 1 aliphatic rings. The first-order chi connectivity index (χ1) is 20.3. The van der Waals surface area contributed by atoms with E-state index in [9.17, 15) is 14.7 Å². The van der Waals surface area contributed by atoms with Crippen LogP contribution in [-0.2, 0) is 11.2 Å². The molecule has 3 aromatic heterocycles. The highest BCUT2D eigenvalue weighted by molar-refractivity contribution is 6.31. The first-order valence-corrected chi connectivity index (χ1v) is 14.1. The highest BCUT2D eigenvalue weighted by atomic mass is 35.5. The molecule has 2 aromatic carbocycles. The number of anilines is 1. The van der Waals surface area contributed by atoms with Gasteiger partial charge in [-0.25, -0.2) is 4.98 Å². The van der Waals surface area contributed by atoms with E-state index in [4.69, 9.17) is 11.6 Å². The van der Waals surface area contributed by atoms with E-state index >= 15 is 0 Å². The average molecular weight is 584 g/mol. The molecule has 12 heteroatoms. The van der Waals surface area contributed by atoms with Crippen molar-refractivity contribution in [2.45, 2.75) is 51.1 Å². The van der Waals surface area contributed by atoms with Gasteiger partial charge in [-0.2, -0.15) is 4.68 Å². The van der Waals surface area contributed by atoms with Gasteiger partial charge in [0.1, 0.15) is 12.2 Å². The number of halogens is 1. The van der Waals surface area contributed by atoms with Crippen LogP contribution in [0.3, 0.4) is 0 Å². The summed E-state index contributed by atoms with van der Waals surface area (Å²) in [5.41, 5.74) is 4.21. The Kier molecular flexibility index (Phi) is 7.11. The lowest BCUT2D eigenvalue weighted by molar-refractivity contribution is -0.311. The average Bonchev–Trinajstić information content (AvgIpc) is 3.75. The standard InChI is InChI=1S/C30H29ClN8O3/c1-3-12-30(2,29(41)42)35-21-7-4-18(5-8-21)24-16-32-28(34-24)26-11-9-22-13-19(14-27(40)39(22)26)23-15-20(31)6-10-25(23)38-17-33-36-37-38/h4-8,10,13-17,26,35H,3,9,11-12H2,1-2H3,(H,32,34)(H,41,42)/p-1/t26-,30?/m0/s1. The number of aryl methyl sites for hydroxylation is 1. The summed E-state index contributed by atoms with van der Waals surface area (Å²) in [6.45, 7) is 3.57. The summed E-state index contributed by atoms with van der Waals surface area (Å²) in [7, 11) is 0. The minimum atomic E-state index is -1.15. The lowest BCUT2D eigenvalue weighted by atomic mass is 9.95. The van der Waals surface area contributed by atoms with Crippen LogP contribution in [0.2, 0.25) is 5.02 Å². The Morgan fingerprint density at radius 1 is 1.17 bits per heavy atom. The molecule has 0 saturated carbocycles. The second kappa shape index (κ2) is 10.9. The molecule has 1 aliphatic heterocycles. The van der Waals surface area contributed by atoms with E-state index in [1.807, 2.05) is 43.3 Å². The molecule has 2 N–H and O–H groups in total. The van der Waals surface area contributed by atoms with Gasteiger partial charge < -0.3 is 24.8 Å². The van der Waals surface area contributed by atoms with Crippen molar-refractivity contribution in [2.75, 3.05) is 5.32 Å². The second-order valence-corrected chi connectivity index (χ2v) is 11.1. The topological polar surface area (TPSA) is 146 Å². The monoisotopic (exact) mass is 583 g/mol. The molecule has 11 nitrogen and oxygen atoms in total. The number of rotatable bonds is 9. The van der Waals surface area contributed by atoms with Gasteiger partial charge in [0.2, 0.25) is 0 Å². The second-order valence-electron chi connectivity index (χ2n) is 10.7. The van der Waals surface area contributed by atoms with Crippen molar-refractivity contribution in [2.24, 2.45) is 0 Å². The Balaban J connectivity index is 1.26. The first kappa shape index (κ1) is 27.4. The number of nitrogens with one attached hydrogen (secondary N) is 2. The van der Waals surface area contributed by atoms with Crippen molar-refractivity contribution in [3.05, 3.63) is 94.0 Å². The van der Waals surface area contributed by atoms with Gasteiger partial charge in [-0.15, -0.1) is 5.10 Å². The molecule has 2 atom stereocenters. The molecule has 6 rings (SSSR count). The van der Waals surface area contributed by atoms with Gasteiger partial charge >= 0.3 is 0 Å². The van der Waals surface area contributed by atoms with Crippen molar-refractivity contribution in [1.29, 1.82) is 0 Å². The van der Waals surface area contributed by atoms with E-state index in [-0.39, 0.29) is 11.6 Å². The van der Waals surface area contributed by atoms with Crippen LogP contribution in [-0.4, -0.2) is 46.3 Å². The molecule has 0 fully saturated rings. The summed E-state index contributed by atoms with van der Waals surface area (Å²) >= 11 is 6.32. The maximum atomic E-state index is 13.5. The van der Waals surface area contributed by atoms with Crippen LogP contribution >= 0.6 is 11.6 Å². The summed E-state index contributed by atoms with van der Waals surface area (Å²) in [6.07, 6.45) is 5.84. The molecule has 0 amide bonds. The van der Waals surface area contributed by atoms with Gasteiger partial charge in [-0.3, -0.25) is 4.79 Å². The molecule has 0 bridgehead atoms. The Hall–Kier alpha value is -4.77. The summed E-state index contributed by atoms with van der Waals surface area (Å²) in [6, 6.07) is 16.2. The maximum Gasteiger partial charge on any atom is 0.252 e. The van der Waals surface area contributed by atoms with Crippen LogP contribution < -0.4 is 16.0 Å². The number of aromatic amines is 1. The van der Waals surface area contributed by atoms with Crippen molar-refractivity contribution in [3.63, 3.8) is 0 Å². The number of carbonyl (C=O) groups excluding carboxylic acids is 1. The Bertz CT molecular complexity index is 1810. The van der Waals surface area contributed by atoms with Gasteiger partial charge in [0.15, 0.2) is 0 Å². The predicted octanol–water partition coefficient (Wildman–Crippen LogP) is 3.79. The molecule has 1 unspecified atom stereocenters. The number of nitrogens with zero attached hydrogens (tertiary/aromatic N) is 6. The molecule has 4 heterocycles. The normalized spacial score (nSPS) is 15.7. The van der Waals surface area contributed by atoms with Crippen LogP contribution in [0.25, 0.3) is 28.1 Å². The summed E-state index contributed by atoms with van der Waals surface area (Å²) in [5.74, 6) is -0.434. The van der Waals surface area contributed by atoms with Crippen molar-refractivity contribution in [3.8, 4) is 28.1 Å². The Labute approximate surface area is 246 Å². The molecular weight excluding hydrogens is 556 g/mol. The zero-order chi connectivity index (χ0) is 29.4.